The van der Waals surface area contributed by atoms with Crippen LogP contribution in [-0.4, -0.2) is 36.4 Å². The first kappa shape index (κ1) is 13.0. The number of halogens is 2. The summed E-state index contributed by atoms with van der Waals surface area (Å²) in [5, 5.41) is 10.6. The number of nitrogens with one attached hydrogen (secondary N) is 1. The highest BCUT2D eigenvalue weighted by atomic mass is 19.3. The zero-order valence-electron chi connectivity index (χ0n) is 9.08. The topological polar surface area (TPSA) is 60.2 Å². The Hall–Kier alpha value is -1.08. The van der Waals surface area contributed by atoms with Gasteiger partial charge < -0.3 is 14.5 Å². The minimum atomic E-state index is -2.44. The summed E-state index contributed by atoms with van der Waals surface area (Å²) < 4.78 is 33.4. The third kappa shape index (κ3) is 5.13. The predicted molar refractivity (Wildman–Crippen MR) is 52.2 cm³/mol. The molecule has 0 aliphatic heterocycles. The molecule has 16 heavy (non-hydrogen) atoms. The summed E-state index contributed by atoms with van der Waals surface area (Å²) in [6, 6.07) is 0. The molecule has 0 aliphatic carbocycles. The molecule has 0 amide bonds. The van der Waals surface area contributed by atoms with E-state index in [1.807, 2.05) is 6.92 Å². The van der Waals surface area contributed by atoms with Gasteiger partial charge in [0.15, 0.2) is 0 Å². The predicted octanol–water partition coefficient (Wildman–Crippen LogP) is 1.00. The Balaban J connectivity index is 2.19. The quantitative estimate of drug-likeness (QED) is 0.681. The highest BCUT2D eigenvalue weighted by Crippen LogP contribution is 2.01. The second-order valence-corrected chi connectivity index (χ2v) is 3.09. The van der Waals surface area contributed by atoms with Crippen molar-refractivity contribution in [3.63, 3.8) is 0 Å². The Morgan fingerprint density at radius 2 is 2.12 bits per heavy atom. The van der Waals surface area contributed by atoms with Crippen LogP contribution in [0.4, 0.5) is 8.78 Å². The van der Waals surface area contributed by atoms with Crippen LogP contribution in [0.25, 0.3) is 0 Å². The summed E-state index contributed by atoms with van der Waals surface area (Å²) >= 11 is 0. The van der Waals surface area contributed by atoms with Crippen molar-refractivity contribution in [1.82, 2.24) is 15.5 Å². The van der Waals surface area contributed by atoms with Gasteiger partial charge in [-0.1, -0.05) is 6.92 Å². The molecule has 0 saturated carbocycles. The van der Waals surface area contributed by atoms with Gasteiger partial charge in [-0.2, -0.15) is 0 Å². The molecule has 0 fully saturated rings. The summed E-state index contributed by atoms with van der Waals surface area (Å²) in [4.78, 5) is 0. The molecule has 0 unspecified atom stereocenters. The summed E-state index contributed by atoms with van der Waals surface area (Å²) in [6.07, 6.45) is -2.08. The van der Waals surface area contributed by atoms with Crippen molar-refractivity contribution in [2.75, 3.05) is 19.8 Å². The van der Waals surface area contributed by atoms with Gasteiger partial charge >= 0.3 is 0 Å². The second kappa shape index (κ2) is 7.24. The molecule has 1 aromatic rings. The van der Waals surface area contributed by atoms with Gasteiger partial charge in [-0.15, -0.1) is 10.2 Å². The van der Waals surface area contributed by atoms with Gasteiger partial charge in [0.2, 0.25) is 11.8 Å². The average Bonchev–Trinajstić information content (AvgIpc) is 2.69. The van der Waals surface area contributed by atoms with E-state index in [1.165, 1.54) is 0 Å². The van der Waals surface area contributed by atoms with Gasteiger partial charge in [0.25, 0.3) is 6.43 Å². The smallest absolute Gasteiger partial charge is 0.261 e. The SMILES string of the molecule is CCNCc1nnc(CCOCC(F)F)o1. The molecule has 0 aliphatic rings. The van der Waals surface area contributed by atoms with Crippen molar-refractivity contribution in [3.05, 3.63) is 11.8 Å². The Bertz CT molecular complexity index is 294. The molecule has 1 aromatic heterocycles. The number of alkyl halides is 2. The first-order valence-electron chi connectivity index (χ1n) is 5.10. The number of rotatable bonds is 8. The highest BCUT2D eigenvalue weighted by Gasteiger charge is 2.06. The van der Waals surface area contributed by atoms with Crippen LogP contribution >= 0.6 is 0 Å². The van der Waals surface area contributed by atoms with E-state index in [1.54, 1.807) is 0 Å². The molecule has 1 rings (SSSR count). The summed E-state index contributed by atoms with van der Waals surface area (Å²) in [5.41, 5.74) is 0. The summed E-state index contributed by atoms with van der Waals surface area (Å²) in [6.45, 7) is 2.90. The molecule has 0 bridgehead atoms. The lowest BCUT2D eigenvalue weighted by Gasteiger charge is -2.00. The lowest BCUT2D eigenvalue weighted by Crippen LogP contribution is -2.11. The lowest BCUT2D eigenvalue weighted by atomic mass is 10.4. The Kier molecular flexibility index (Phi) is 5.87. The molecule has 0 radical (unpaired) electrons. The third-order valence-electron chi connectivity index (χ3n) is 1.74. The fourth-order valence-electron chi connectivity index (χ4n) is 1.02. The third-order valence-corrected chi connectivity index (χ3v) is 1.74. The molecular weight excluding hydrogens is 220 g/mol. The normalized spacial score (nSPS) is 11.2. The minimum absolute atomic E-state index is 0.160. The van der Waals surface area contributed by atoms with Gasteiger partial charge in [-0.05, 0) is 6.54 Å². The lowest BCUT2D eigenvalue weighted by molar-refractivity contribution is 0.0173. The number of aromatic nitrogens is 2. The number of nitrogens with zero attached hydrogens (tertiary/aromatic N) is 2. The maximum Gasteiger partial charge on any atom is 0.261 e. The standard InChI is InChI=1S/C9H15F2N3O2/c1-2-12-5-9-14-13-8(16-9)3-4-15-6-7(10)11/h7,12H,2-6H2,1H3. The van der Waals surface area contributed by atoms with Gasteiger partial charge in [-0.3, -0.25) is 0 Å². The van der Waals surface area contributed by atoms with Crippen LogP contribution in [0.2, 0.25) is 0 Å². The molecule has 7 heteroatoms. The van der Waals surface area contributed by atoms with E-state index in [0.29, 0.717) is 24.7 Å². The molecule has 92 valence electrons. The Labute approximate surface area is 92.2 Å². The van der Waals surface area contributed by atoms with Crippen molar-refractivity contribution in [3.8, 4) is 0 Å². The van der Waals surface area contributed by atoms with E-state index in [-0.39, 0.29) is 6.61 Å². The largest absolute Gasteiger partial charge is 0.424 e. The zero-order chi connectivity index (χ0) is 11.8. The molecule has 0 aromatic carbocycles. The molecule has 0 atom stereocenters. The van der Waals surface area contributed by atoms with E-state index in [9.17, 15) is 8.78 Å². The van der Waals surface area contributed by atoms with Gasteiger partial charge in [0.05, 0.1) is 13.2 Å². The van der Waals surface area contributed by atoms with E-state index < -0.39 is 13.0 Å². The fraction of sp³-hybridized carbons (Fsp3) is 0.778. The first-order valence-corrected chi connectivity index (χ1v) is 5.10. The van der Waals surface area contributed by atoms with E-state index in [2.05, 4.69) is 15.5 Å². The molecule has 1 heterocycles. The van der Waals surface area contributed by atoms with Gasteiger partial charge in [0.1, 0.15) is 6.61 Å². The molecular formula is C9H15F2N3O2. The monoisotopic (exact) mass is 235 g/mol. The highest BCUT2D eigenvalue weighted by molar-refractivity contribution is 4.81. The Morgan fingerprint density at radius 3 is 2.81 bits per heavy atom. The van der Waals surface area contributed by atoms with Crippen LogP contribution in [-0.2, 0) is 17.7 Å². The van der Waals surface area contributed by atoms with Gasteiger partial charge in [-0.25, -0.2) is 8.78 Å². The van der Waals surface area contributed by atoms with Crippen molar-refractivity contribution in [2.45, 2.75) is 26.3 Å². The van der Waals surface area contributed by atoms with Crippen molar-refractivity contribution in [2.24, 2.45) is 0 Å². The van der Waals surface area contributed by atoms with Crippen LogP contribution in [0.15, 0.2) is 4.42 Å². The van der Waals surface area contributed by atoms with Crippen LogP contribution in [0.5, 0.6) is 0 Å². The first-order chi connectivity index (χ1) is 7.72. The average molecular weight is 235 g/mol. The zero-order valence-corrected chi connectivity index (χ0v) is 9.08. The van der Waals surface area contributed by atoms with E-state index in [4.69, 9.17) is 9.15 Å². The van der Waals surface area contributed by atoms with Crippen molar-refractivity contribution >= 4 is 0 Å². The second-order valence-electron chi connectivity index (χ2n) is 3.09. The summed E-state index contributed by atoms with van der Waals surface area (Å²) in [5.74, 6) is 0.896. The van der Waals surface area contributed by atoms with E-state index in [0.717, 1.165) is 6.54 Å². The fourth-order valence-corrected chi connectivity index (χ4v) is 1.02. The van der Waals surface area contributed by atoms with Crippen molar-refractivity contribution < 1.29 is 17.9 Å². The molecule has 0 saturated heterocycles. The number of hydrogen-bond donors (Lipinski definition) is 1. The minimum Gasteiger partial charge on any atom is -0.424 e. The van der Waals surface area contributed by atoms with Crippen LogP contribution in [0, 0.1) is 0 Å². The number of ether oxygens (including phenoxy) is 1. The van der Waals surface area contributed by atoms with Crippen LogP contribution in [0.3, 0.4) is 0 Å². The van der Waals surface area contributed by atoms with Crippen LogP contribution in [0.1, 0.15) is 18.7 Å². The maximum absolute atomic E-state index is 11.7. The van der Waals surface area contributed by atoms with E-state index >= 15 is 0 Å². The molecule has 1 N–H and O–H groups in total. The van der Waals surface area contributed by atoms with Crippen LogP contribution < -0.4 is 5.32 Å². The molecule has 5 nitrogen and oxygen atoms in total. The molecule has 0 spiro atoms. The number of hydrogen-bond acceptors (Lipinski definition) is 5. The van der Waals surface area contributed by atoms with Crippen molar-refractivity contribution in [1.29, 1.82) is 0 Å². The van der Waals surface area contributed by atoms with Gasteiger partial charge in [0, 0.05) is 6.42 Å². The Morgan fingerprint density at radius 1 is 1.38 bits per heavy atom. The maximum atomic E-state index is 11.7. The summed E-state index contributed by atoms with van der Waals surface area (Å²) in [7, 11) is 0.